The molecule has 4 unspecified atom stereocenters. The van der Waals surface area contributed by atoms with Crippen LogP contribution in [0.3, 0.4) is 0 Å². The Labute approximate surface area is 129 Å². The van der Waals surface area contributed by atoms with E-state index >= 15 is 0 Å². The van der Waals surface area contributed by atoms with Gasteiger partial charge in [0.05, 0.1) is 5.39 Å². The lowest BCUT2D eigenvalue weighted by molar-refractivity contribution is -0.0189. The van der Waals surface area contributed by atoms with Gasteiger partial charge in [0.2, 0.25) is 0 Å². The highest BCUT2D eigenvalue weighted by molar-refractivity contribution is 5.86. The fourth-order valence-corrected chi connectivity index (χ4v) is 4.06. The highest BCUT2D eigenvalue weighted by Gasteiger charge is 2.44. The summed E-state index contributed by atoms with van der Waals surface area (Å²) in [6.07, 6.45) is 8.99. The predicted octanol–water partition coefficient (Wildman–Crippen LogP) is 1.87. The standard InChI is InChI=1S/C16H21N5O/c1-2-14(22)21-10-3-5-12(13(21)6-4-10)20-16-11-7-8-17-15(11)18-9-19-16/h2,7-10,12-14,22H,1,3-6H2,(H2,17,18,19,20). The molecule has 6 heteroatoms. The topological polar surface area (TPSA) is 77.1 Å². The molecule has 2 aromatic heterocycles. The Morgan fingerprint density at radius 1 is 1.36 bits per heavy atom. The molecule has 2 aliphatic rings. The number of hydrogen-bond donors (Lipinski definition) is 3. The summed E-state index contributed by atoms with van der Waals surface area (Å²) < 4.78 is 0. The van der Waals surface area contributed by atoms with E-state index in [0.717, 1.165) is 42.5 Å². The summed E-state index contributed by atoms with van der Waals surface area (Å²) in [4.78, 5) is 14.0. The molecule has 0 amide bonds. The Kier molecular flexibility index (Phi) is 3.35. The third-order valence-electron chi connectivity index (χ3n) is 5.07. The van der Waals surface area contributed by atoms with Gasteiger partial charge in [0.1, 0.15) is 24.0 Å². The molecule has 4 atom stereocenters. The number of H-pyrrole nitrogens is 1. The Morgan fingerprint density at radius 2 is 2.23 bits per heavy atom. The maximum absolute atomic E-state index is 10.2. The van der Waals surface area contributed by atoms with Crippen molar-refractivity contribution in [1.82, 2.24) is 19.9 Å². The van der Waals surface area contributed by atoms with E-state index in [0.29, 0.717) is 18.1 Å². The van der Waals surface area contributed by atoms with Gasteiger partial charge in [-0.25, -0.2) is 9.97 Å². The van der Waals surface area contributed by atoms with Crippen molar-refractivity contribution in [3.8, 4) is 0 Å². The minimum atomic E-state index is -0.556. The largest absolute Gasteiger partial charge is 0.375 e. The minimum Gasteiger partial charge on any atom is -0.375 e. The van der Waals surface area contributed by atoms with Crippen LogP contribution < -0.4 is 5.32 Å². The van der Waals surface area contributed by atoms with E-state index < -0.39 is 6.23 Å². The number of aliphatic hydroxyl groups is 1. The van der Waals surface area contributed by atoms with E-state index in [9.17, 15) is 5.11 Å². The van der Waals surface area contributed by atoms with Gasteiger partial charge in [0.25, 0.3) is 0 Å². The maximum atomic E-state index is 10.2. The fraction of sp³-hybridized carbons (Fsp3) is 0.500. The van der Waals surface area contributed by atoms with Crippen molar-refractivity contribution in [3.05, 3.63) is 31.2 Å². The number of nitrogens with zero attached hydrogens (tertiary/aromatic N) is 3. The fourth-order valence-electron chi connectivity index (χ4n) is 4.06. The number of aromatic amines is 1. The molecule has 0 saturated carbocycles. The summed E-state index contributed by atoms with van der Waals surface area (Å²) >= 11 is 0. The predicted molar refractivity (Wildman–Crippen MR) is 85.4 cm³/mol. The normalized spacial score (nSPS) is 29.6. The number of nitrogens with one attached hydrogen (secondary N) is 2. The molecule has 3 N–H and O–H groups in total. The van der Waals surface area contributed by atoms with Gasteiger partial charge in [-0.05, 0) is 37.8 Å². The number of aromatic nitrogens is 3. The van der Waals surface area contributed by atoms with Crippen molar-refractivity contribution in [2.75, 3.05) is 5.32 Å². The number of piperidine rings is 1. The molecule has 4 rings (SSSR count). The monoisotopic (exact) mass is 299 g/mol. The van der Waals surface area contributed by atoms with Gasteiger partial charge in [-0.2, -0.15) is 0 Å². The van der Waals surface area contributed by atoms with Gasteiger partial charge in [-0.1, -0.05) is 6.58 Å². The molecule has 116 valence electrons. The average molecular weight is 299 g/mol. The molecule has 0 radical (unpaired) electrons. The van der Waals surface area contributed by atoms with Crippen LogP contribution in [0.2, 0.25) is 0 Å². The van der Waals surface area contributed by atoms with Gasteiger partial charge in [-0.3, -0.25) is 4.90 Å². The van der Waals surface area contributed by atoms with Crippen LogP contribution in [0.5, 0.6) is 0 Å². The first-order valence-corrected chi connectivity index (χ1v) is 7.90. The Morgan fingerprint density at radius 3 is 3.09 bits per heavy atom. The quantitative estimate of drug-likeness (QED) is 0.751. The molecule has 2 aromatic rings. The molecule has 6 nitrogen and oxygen atoms in total. The first-order chi connectivity index (χ1) is 10.8. The van der Waals surface area contributed by atoms with Gasteiger partial charge in [0.15, 0.2) is 0 Å². The summed E-state index contributed by atoms with van der Waals surface area (Å²) in [7, 11) is 0. The molecule has 2 bridgehead atoms. The minimum absolute atomic E-state index is 0.293. The lowest BCUT2D eigenvalue weighted by Crippen LogP contribution is -2.54. The molecular formula is C16H21N5O. The van der Waals surface area contributed by atoms with Crippen LogP contribution in [-0.2, 0) is 0 Å². The van der Waals surface area contributed by atoms with E-state index in [2.05, 4.69) is 31.7 Å². The number of aliphatic hydroxyl groups excluding tert-OH is 1. The summed E-state index contributed by atoms with van der Waals surface area (Å²) in [5.41, 5.74) is 0.848. The van der Waals surface area contributed by atoms with E-state index in [-0.39, 0.29) is 0 Å². The Bertz CT molecular complexity index is 684. The second-order valence-corrected chi connectivity index (χ2v) is 6.19. The average Bonchev–Trinajstić information content (AvgIpc) is 3.13. The van der Waals surface area contributed by atoms with Crippen molar-refractivity contribution < 1.29 is 5.11 Å². The Balaban J connectivity index is 1.60. The molecule has 0 spiro atoms. The summed E-state index contributed by atoms with van der Waals surface area (Å²) in [6, 6.07) is 3.10. The van der Waals surface area contributed by atoms with Crippen molar-refractivity contribution in [3.63, 3.8) is 0 Å². The summed E-state index contributed by atoms with van der Waals surface area (Å²) in [5.74, 6) is 0.870. The van der Waals surface area contributed by atoms with Crippen molar-refractivity contribution >= 4 is 16.9 Å². The molecule has 2 saturated heterocycles. The van der Waals surface area contributed by atoms with E-state index in [4.69, 9.17) is 0 Å². The molecule has 0 aliphatic carbocycles. The highest BCUT2D eigenvalue weighted by Crippen LogP contribution is 2.38. The van der Waals surface area contributed by atoms with Crippen molar-refractivity contribution in [2.24, 2.45) is 0 Å². The van der Waals surface area contributed by atoms with Crippen LogP contribution in [0.1, 0.15) is 25.7 Å². The highest BCUT2D eigenvalue weighted by atomic mass is 16.3. The second kappa shape index (κ2) is 5.37. The van der Waals surface area contributed by atoms with Crippen molar-refractivity contribution in [1.29, 1.82) is 0 Å². The number of anilines is 1. The van der Waals surface area contributed by atoms with Crippen LogP contribution >= 0.6 is 0 Å². The second-order valence-electron chi connectivity index (χ2n) is 6.19. The molecule has 2 aliphatic heterocycles. The molecule has 22 heavy (non-hydrogen) atoms. The SMILES string of the molecule is C=CC(O)N1C2CCC(Nc3ncnc4[nH]ccc34)C1CC2. The lowest BCUT2D eigenvalue weighted by Gasteiger charge is -2.42. The first kappa shape index (κ1) is 13.7. The zero-order chi connectivity index (χ0) is 15.1. The van der Waals surface area contributed by atoms with Gasteiger partial charge in [-0.15, -0.1) is 0 Å². The number of hydrogen-bond acceptors (Lipinski definition) is 5. The van der Waals surface area contributed by atoms with Crippen molar-refractivity contribution in [2.45, 2.75) is 50.0 Å². The summed E-state index contributed by atoms with van der Waals surface area (Å²) in [6.45, 7) is 3.74. The van der Waals surface area contributed by atoms with Crippen LogP contribution in [0, 0.1) is 0 Å². The smallest absolute Gasteiger partial charge is 0.142 e. The third-order valence-corrected chi connectivity index (χ3v) is 5.07. The van der Waals surface area contributed by atoms with Gasteiger partial charge >= 0.3 is 0 Å². The van der Waals surface area contributed by atoms with Crippen LogP contribution in [0.4, 0.5) is 5.82 Å². The zero-order valence-corrected chi connectivity index (χ0v) is 12.4. The Hall–Kier alpha value is -1.92. The van der Waals surface area contributed by atoms with E-state index in [1.165, 1.54) is 0 Å². The lowest BCUT2D eigenvalue weighted by atomic mass is 9.96. The van der Waals surface area contributed by atoms with Crippen LogP contribution in [0.15, 0.2) is 31.2 Å². The van der Waals surface area contributed by atoms with Gasteiger partial charge < -0.3 is 15.4 Å². The van der Waals surface area contributed by atoms with E-state index in [1.807, 2.05) is 12.3 Å². The number of rotatable bonds is 4. The molecular weight excluding hydrogens is 278 g/mol. The number of fused-ring (bicyclic) bond motifs is 3. The third kappa shape index (κ3) is 2.10. The van der Waals surface area contributed by atoms with Crippen LogP contribution in [-0.4, -0.2) is 49.3 Å². The molecule has 0 aromatic carbocycles. The maximum Gasteiger partial charge on any atom is 0.142 e. The first-order valence-electron chi connectivity index (χ1n) is 7.90. The van der Waals surface area contributed by atoms with Crippen LogP contribution in [0.25, 0.3) is 11.0 Å². The summed E-state index contributed by atoms with van der Waals surface area (Å²) in [5, 5.41) is 14.8. The van der Waals surface area contributed by atoms with E-state index in [1.54, 1.807) is 12.4 Å². The molecule has 2 fully saturated rings. The van der Waals surface area contributed by atoms with Gasteiger partial charge in [0, 0.05) is 24.3 Å². The zero-order valence-electron chi connectivity index (χ0n) is 12.4. The molecule has 4 heterocycles.